The molecule has 0 bridgehead atoms. The number of amides is 1. The predicted octanol–water partition coefficient (Wildman–Crippen LogP) is 10.5. The van der Waals surface area contributed by atoms with Gasteiger partial charge in [-0.2, -0.15) is 0 Å². The zero-order valence-corrected chi connectivity index (χ0v) is 40.1. The van der Waals surface area contributed by atoms with E-state index in [1.165, 1.54) is 24.1 Å². The molecule has 0 unspecified atom stereocenters. The van der Waals surface area contributed by atoms with Crippen molar-refractivity contribution >= 4 is 98.8 Å². The molecular formula is C49H38Cl5N5O10. The maximum atomic E-state index is 13.9. The summed E-state index contributed by atoms with van der Waals surface area (Å²) in [6, 6.07) is 35.0. The molecule has 20 heteroatoms. The van der Waals surface area contributed by atoms with Crippen molar-refractivity contribution in [2.45, 2.75) is 49.9 Å². The van der Waals surface area contributed by atoms with Gasteiger partial charge >= 0.3 is 17.9 Å². The molecule has 1 fully saturated rings. The third-order valence-electron chi connectivity index (χ3n) is 11.0. The molecule has 15 nitrogen and oxygen atoms in total. The molecule has 1 amide bonds. The van der Waals surface area contributed by atoms with E-state index in [0.29, 0.717) is 11.3 Å². The zero-order valence-electron chi connectivity index (χ0n) is 36.3. The number of carbonyl (C=O) groups excluding carboxylic acids is 4. The normalized spacial score (nSPS) is 16.7. The number of aromatic nitrogens is 4. The third kappa shape index (κ3) is 10.4. The number of fused-ring (bicyclic) bond motifs is 1. The van der Waals surface area contributed by atoms with Crippen LogP contribution in [0.1, 0.15) is 53.0 Å². The molecule has 7 aromatic rings. The first kappa shape index (κ1) is 49.1. The summed E-state index contributed by atoms with van der Waals surface area (Å²) in [5, 5.41) is 1.68. The van der Waals surface area contributed by atoms with Gasteiger partial charge in [-0.1, -0.05) is 149 Å². The molecule has 0 radical (unpaired) electrons. The average molecular weight is 1030 g/mol. The fourth-order valence-corrected chi connectivity index (χ4v) is 9.01. The van der Waals surface area contributed by atoms with Crippen molar-refractivity contribution in [2.75, 3.05) is 19.0 Å². The molecule has 0 aliphatic carbocycles. The molecule has 5 aromatic carbocycles. The Morgan fingerprint density at radius 1 is 0.681 bits per heavy atom. The second-order valence-corrected chi connectivity index (χ2v) is 17.2. The summed E-state index contributed by atoms with van der Waals surface area (Å²) in [5.41, 5.74) is 1.62. The molecular weight excluding hydrogens is 996 g/mol. The van der Waals surface area contributed by atoms with Crippen molar-refractivity contribution in [2.24, 2.45) is 0 Å². The van der Waals surface area contributed by atoms with Gasteiger partial charge in [0.2, 0.25) is 0 Å². The number of methoxy groups -OCH3 is 1. The summed E-state index contributed by atoms with van der Waals surface area (Å²) < 4.78 is 38.3. The Kier molecular flexibility index (Phi) is 15.3. The van der Waals surface area contributed by atoms with E-state index in [9.17, 15) is 19.2 Å². The Morgan fingerprint density at radius 2 is 1.25 bits per heavy atom. The molecule has 2 aromatic heterocycles. The van der Waals surface area contributed by atoms with Gasteiger partial charge in [0.25, 0.3) is 5.91 Å². The van der Waals surface area contributed by atoms with Crippen molar-refractivity contribution in [3.05, 3.63) is 175 Å². The van der Waals surface area contributed by atoms with E-state index in [0.717, 1.165) is 16.7 Å². The Hall–Kier alpha value is -6.30. The Labute approximate surface area is 419 Å². The molecule has 1 aliphatic rings. The van der Waals surface area contributed by atoms with Gasteiger partial charge in [-0.3, -0.25) is 23.7 Å². The maximum Gasteiger partial charge on any atom is 0.311 e. The van der Waals surface area contributed by atoms with Crippen LogP contribution in [0, 0.1) is 0 Å². The summed E-state index contributed by atoms with van der Waals surface area (Å²) in [7, 11) is 1.57. The standard InChI is InChI=1S/C49H38Cl5N5O10/c1-27(60)66-42-33(24-65-49(29-14-8-4-9-15-29,30-16-10-5-11-17-30)31-18-20-32(64-2)21-19-31)67-48(59-26-57-41-45(55-25-56-46(41)59)58-47(63)28-12-6-3-7-13-28)44(42)69-35(62)23-22-34(61)68-43-39(53)37(51)36(50)38(52)40(43)54/h3-21,25-26,33,42,44,48H,22-24H2,1-2H3,(H,55,56,58,63)/t33-,42-,44-,48-/m1/s1. The number of imidazole rings is 1. The summed E-state index contributed by atoms with van der Waals surface area (Å²) in [6.07, 6.45) is -3.74. The van der Waals surface area contributed by atoms with Gasteiger partial charge in [0.05, 0.1) is 48.0 Å². The third-order valence-corrected chi connectivity index (χ3v) is 13.2. The molecule has 3 heterocycles. The quantitative estimate of drug-likeness (QED) is 0.0318. The van der Waals surface area contributed by atoms with Crippen LogP contribution in [0.3, 0.4) is 0 Å². The molecule has 69 heavy (non-hydrogen) atoms. The van der Waals surface area contributed by atoms with Gasteiger partial charge < -0.3 is 33.7 Å². The lowest BCUT2D eigenvalue weighted by Crippen LogP contribution is -2.43. The lowest BCUT2D eigenvalue weighted by atomic mass is 9.80. The summed E-state index contributed by atoms with van der Waals surface area (Å²) in [5.74, 6) is -2.73. The number of nitrogens with zero attached hydrogens (tertiary/aromatic N) is 4. The number of anilines is 1. The highest BCUT2D eigenvalue weighted by Gasteiger charge is 2.52. The number of nitrogens with one attached hydrogen (secondary N) is 1. The summed E-state index contributed by atoms with van der Waals surface area (Å²) in [4.78, 5) is 66.6. The van der Waals surface area contributed by atoms with E-state index in [1.807, 2.05) is 84.9 Å². The molecule has 1 saturated heterocycles. The van der Waals surface area contributed by atoms with Crippen LogP contribution in [-0.4, -0.2) is 75.4 Å². The number of hydrogen-bond acceptors (Lipinski definition) is 13. The fraction of sp³-hybridized carbons (Fsp3) is 0.204. The van der Waals surface area contributed by atoms with E-state index < -0.39 is 66.8 Å². The number of benzene rings is 5. The number of rotatable bonds is 16. The first-order chi connectivity index (χ1) is 33.3. The van der Waals surface area contributed by atoms with Gasteiger partial charge in [0, 0.05) is 12.5 Å². The molecule has 0 spiro atoms. The minimum Gasteiger partial charge on any atom is -0.497 e. The average Bonchev–Trinajstić information content (AvgIpc) is 3.95. The fourth-order valence-electron chi connectivity index (χ4n) is 7.81. The van der Waals surface area contributed by atoms with Gasteiger partial charge in [-0.15, -0.1) is 0 Å². The SMILES string of the molecule is COc1ccc(C(OC[C@H]2O[C@@H](n3cnc4c(NC(=O)c5ccccc5)ncnc43)[C@H](OC(=O)CCC(=O)Oc3c(Cl)c(Cl)c(Cl)c(Cl)c3Cl)[C@@H]2OC(C)=O)(c2ccccc2)c2ccccc2)cc1. The molecule has 354 valence electrons. The van der Waals surface area contributed by atoms with Gasteiger partial charge in [-0.05, 0) is 41.0 Å². The van der Waals surface area contributed by atoms with Crippen molar-refractivity contribution < 1.29 is 47.6 Å². The number of esters is 3. The van der Waals surface area contributed by atoms with E-state index in [4.69, 9.17) is 86.4 Å². The second-order valence-electron chi connectivity index (χ2n) is 15.3. The van der Waals surface area contributed by atoms with Crippen LogP contribution < -0.4 is 14.8 Å². The van der Waals surface area contributed by atoms with Crippen LogP contribution in [0.2, 0.25) is 25.1 Å². The lowest BCUT2D eigenvalue weighted by molar-refractivity contribution is -0.168. The van der Waals surface area contributed by atoms with Gasteiger partial charge in [0.15, 0.2) is 41.2 Å². The molecule has 4 atom stereocenters. The van der Waals surface area contributed by atoms with Crippen LogP contribution >= 0.6 is 58.0 Å². The molecule has 1 N–H and O–H groups in total. The van der Waals surface area contributed by atoms with Crippen molar-refractivity contribution in [1.82, 2.24) is 19.5 Å². The summed E-state index contributed by atoms with van der Waals surface area (Å²) >= 11 is 30.9. The van der Waals surface area contributed by atoms with Crippen molar-refractivity contribution in [3.8, 4) is 11.5 Å². The van der Waals surface area contributed by atoms with Crippen molar-refractivity contribution in [1.29, 1.82) is 0 Å². The number of hydrogen-bond donors (Lipinski definition) is 1. The second kappa shape index (κ2) is 21.6. The van der Waals surface area contributed by atoms with Crippen LogP contribution in [0.15, 0.2) is 128 Å². The van der Waals surface area contributed by atoms with Crippen LogP contribution in [0.25, 0.3) is 11.2 Å². The zero-order chi connectivity index (χ0) is 48.8. The van der Waals surface area contributed by atoms with E-state index in [-0.39, 0.29) is 54.5 Å². The molecule has 8 rings (SSSR count). The molecule has 0 saturated carbocycles. The number of ether oxygens (including phenoxy) is 6. The largest absolute Gasteiger partial charge is 0.497 e. The van der Waals surface area contributed by atoms with Gasteiger partial charge in [-0.25, -0.2) is 15.0 Å². The highest BCUT2D eigenvalue weighted by atomic mass is 35.5. The van der Waals surface area contributed by atoms with Gasteiger partial charge in [0.1, 0.15) is 33.8 Å². The highest BCUT2D eigenvalue weighted by molar-refractivity contribution is 6.55. The maximum absolute atomic E-state index is 13.9. The topological polar surface area (TPSA) is 179 Å². The summed E-state index contributed by atoms with van der Waals surface area (Å²) in [6.45, 7) is 0.932. The number of halogens is 5. The Balaban J connectivity index is 1.15. The smallest absolute Gasteiger partial charge is 0.311 e. The monoisotopic (exact) mass is 1030 g/mol. The molecule has 1 aliphatic heterocycles. The van der Waals surface area contributed by atoms with Crippen LogP contribution in [0.4, 0.5) is 5.82 Å². The lowest BCUT2D eigenvalue weighted by Gasteiger charge is -2.37. The Bertz CT molecular complexity index is 2940. The highest BCUT2D eigenvalue weighted by Crippen LogP contribution is 2.49. The van der Waals surface area contributed by atoms with E-state index in [2.05, 4.69) is 20.3 Å². The predicted molar refractivity (Wildman–Crippen MR) is 257 cm³/mol. The van der Waals surface area contributed by atoms with Crippen molar-refractivity contribution in [3.63, 3.8) is 0 Å². The minimum absolute atomic E-state index is 0.0764. The Morgan fingerprint density at radius 3 is 1.84 bits per heavy atom. The minimum atomic E-state index is -1.43. The van der Waals surface area contributed by atoms with E-state index in [1.54, 1.807) is 37.4 Å². The first-order valence-electron chi connectivity index (χ1n) is 21.0. The van der Waals surface area contributed by atoms with Crippen LogP contribution in [-0.2, 0) is 38.9 Å². The first-order valence-corrected chi connectivity index (χ1v) is 22.9. The van der Waals surface area contributed by atoms with E-state index >= 15 is 0 Å². The number of carbonyl (C=O) groups is 4. The van der Waals surface area contributed by atoms with Crippen LogP contribution in [0.5, 0.6) is 11.5 Å².